The molecular formula is C15H27NO3. The summed E-state index contributed by atoms with van der Waals surface area (Å²) in [4.78, 5) is 14.0. The van der Waals surface area contributed by atoms with Gasteiger partial charge in [-0.2, -0.15) is 0 Å². The molecule has 0 spiro atoms. The monoisotopic (exact) mass is 269 g/mol. The molecule has 0 radical (unpaired) electrons. The Labute approximate surface area is 116 Å². The molecule has 1 aliphatic carbocycles. The fourth-order valence-electron chi connectivity index (χ4n) is 3.83. The third kappa shape index (κ3) is 3.48. The van der Waals surface area contributed by atoms with Gasteiger partial charge in [0.25, 0.3) is 0 Å². The third-order valence-corrected chi connectivity index (χ3v) is 4.94. The fraction of sp³-hybridized carbons (Fsp3) is 0.933. The van der Waals surface area contributed by atoms with Gasteiger partial charge in [0, 0.05) is 25.7 Å². The number of likely N-dealkylation sites (tertiary alicyclic amines) is 1. The van der Waals surface area contributed by atoms with Crippen molar-refractivity contribution in [1.29, 1.82) is 0 Å². The Morgan fingerprint density at radius 1 is 1.21 bits per heavy atom. The van der Waals surface area contributed by atoms with Gasteiger partial charge in [-0.3, -0.25) is 9.69 Å². The van der Waals surface area contributed by atoms with Gasteiger partial charge < -0.3 is 9.84 Å². The van der Waals surface area contributed by atoms with Crippen molar-refractivity contribution in [2.45, 2.75) is 70.1 Å². The molecule has 19 heavy (non-hydrogen) atoms. The zero-order valence-electron chi connectivity index (χ0n) is 12.2. The zero-order chi connectivity index (χ0) is 13.8. The van der Waals surface area contributed by atoms with Crippen LogP contribution in [-0.2, 0) is 9.53 Å². The summed E-state index contributed by atoms with van der Waals surface area (Å²) in [7, 11) is 1.78. The van der Waals surface area contributed by atoms with Crippen LogP contribution < -0.4 is 0 Å². The molecule has 4 nitrogen and oxygen atoms in total. The molecule has 1 aliphatic heterocycles. The minimum Gasteiger partial charge on any atom is -0.481 e. The molecule has 4 atom stereocenters. The van der Waals surface area contributed by atoms with Crippen molar-refractivity contribution < 1.29 is 14.6 Å². The number of ether oxygens (including phenoxy) is 1. The van der Waals surface area contributed by atoms with Crippen LogP contribution >= 0.6 is 0 Å². The lowest BCUT2D eigenvalue weighted by Crippen LogP contribution is -2.52. The summed E-state index contributed by atoms with van der Waals surface area (Å²) < 4.78 is 5.45. The van der Waals surface area contributed by atoms with E-state index in [4.69, 9.17) is 4.74 Å². The van der Waals surface area contributed by atoms with Gasteiger partial charge in [-0.05, 0) is 32.6 Å². The minimum absolute atomic E-state index is 0.177. The topological polar surface area (TPSA) is 49.8 Å². The maximum Gasteiger partial charge on any atom is 0.308 e. The van der Waals surface area contributed by atoms with Gasteiger partial charge >= 0.3 is 5.97 Å². The maximum atomic E-state index is 11.5. The molecule has 110 valence electrons. The number of nitrogens with zero attached hydrogens (tertiary/aromatic N) is 1. The predicted octanol–water partition coefficient (Wildman–Crippen LogP) is 2.52. The number of hydrogen-bond acceptors (Lipinski definition) is 3. The molecule has 0 aromatic heterocycles. The average Bonchev–Trinajstić information content (AvgIpc) is 2.64. The van der Waals surface area contributed by atoms with Crippen molar-refractivity contribution in [3.05, 3.63) is 0 Å². The number of carboxylic acids is 1. The third-order valence-electron chi connectivity index (χ3n) is 4.94. The van der Waals surface area contributed by atoms with Crippen LogP contribution in [0.2, 0.25) is 0 Å². The van der Waals surface area contributed by atoms with Crippen LogP contribution in [0.15, 0.2) is 0 Å². The highest BCUT2D eigenvalue weighted by molar-refractivity contribution is 5.71. The van der Waals surface area contributed by atoms with Gasteiger partial charge in [0.1, 0.15) is 0 Å². The van der Waals surface area contributed by atoms with Crippen LogP contribution in [0.1, 0.15) is 51.9 Å². The van der Waals surface area contributed by atoms with Crippen LogP contribution in [0.4, 0.5) is 0 Å². The van der Waals surface area contributed by atoms with Gasteiger partial charge in [0.2, 0.25) is 0 Å². The van der Waals surface area contributed by atoms with E-state index in [1.165, 1.54) is 12.8 Å². The summed E-state index contributed by atoms with van der Waals surface area (Å²) in [5.41, 5.74) is 0. The number of methoxy groups -OCH3 is 1. The smallest absolute Gasteiger partial charge is 0.308 e. The van der Waals surface area contributed by atoms with Gasteiger partial charge in [0.05, 0.1) is 12.0 Å². The summed E-state index contributed by atoms with van der Waals surface area (Å²) in [5.74, 6) is -0.781. The lowest BCUT2D eigenvalue weighted by atomic mass is 9.89. The van der Waals surface area contributed by atoms with Crippen LogP contribution in [0, 0.1) is 5.92 Å². The highest BCUT2D eigenvalue weighted by Gasteiger charge is 2.38. The van der Waals surface area contributed by atoms with Gasteiger partial charge in [-0.25, -0.2) is 0 Å². The Morgan fingerprint density at radius 3 is 2.58 bits per heavy atom. The second kappa shape index (κ2) is 6.71. The molecule has 0 aromatic rings. The number of rotatable bonds is 3. The fourth-order valence-corrected chi connectivity index (χ4v) is 3.83. The van der Waals surface area contributed by atoms with Gasteiger partial charge in [-0.15, -0.1) is 0 Å². The molecule has 4 heteroatoms. The number of aliphatic carboxylic acids is 1. The second-order valence-electron chi connectivity index (χ2n) is 6.12. The first-order chi connectivity index (χ1) is 9.13. The lowest BCUT2D eigenvalue weighted by molar-refractivity contribution is -0.145. The predicted molar refractivity (Wildman–Crippen MR) is 74.2 cm³/mol. The summed E-state index contributed by atoms with van der Waals surface area (Å²) >= 11 is 0. The number of carbonyl (C=O) groups is 1. The summed E-state index contributed by atoms with van der Waals surface area (Å²) in [6.07, 6.45) is 7.71. The van der Waals surface area contributed by atoms with E-state index in [-0.39, 0.29) is 12.0 Å². The second-order valence-corrected chi connectivity index (χ2v) is 6.12. The lowest BCUT2D eigenvalue weighted by Gasteiger charge is -2.43. The van der Waals surface area contributed by atoms with E-state index in [1.54, 1.807) is 7.11 Å². The number of hydrogen-bond donors (Lipinski definition) is 1. The van der Waals surface area contributed by atoms with Gasteiger partial charge in [0.15, 0.2) is 0 Å². The molecule has 0 amide bonds. The van der Waals surface area contributed by atoms with E-state index in [2.05, 4.69) is 11.8 Å². The van der Waals surface area contributed by atoms with Crippen molar-refractivity contribution in [2.75, 3.05) is 13.7 Å². The molecule has 2 fully saturated rings. The maximum absolute atomic E-state index is 11.5. The highest BCUT2D eigenvalue weighted by Crippen LogP contribution is 2.32. The Kier molecular flexibility index (Phi) is 5.22. The Balaban J connectivity index is 2.06. The van der Waals surface area contributed by atoms with Crippen molar-refractivity contribution in [3.63, 3.8) is 0 Å². The van der Waals surface area contributed by atoms with Crippen LogP contribution in [0.25, 0.3) is 0 Å². The molecule has 1 N–H and O–H groups in total. The first kappa shape index (κ1) is 14.8. The molecule has 2 aliphatic rings. The average molecular weight is 269 g/mol. The van der Waals surface area contributed by atoms with E-state index in [9.17, 15) is 9.90 Å². The summed E-state index contributed by atoms with van der Waals surface area (Å²) in [6, 6.07) is 0.663. The van der Waals surface area contributed by atoms with Crippen LogP contribution in [-0.4, -0.2) is 47.8 Å². The Morgan fingerprint density at radius 2 is 1.95 bits per heavy atom. The van der Waals surface area contributed by atoms with E-state index in [0.29, 0.717) is 12.1 Å². The highest BCUT2D eigenvalue weighted by atomic mass is 16.5. The quantitative estimate of drug-likeness (QED) is 0.800. The molecular weight excluding hydrogens is 242 g/mol. The zero-order valence-corrected chi connectivity index (χ0v) is 12.2. The van der Waals surface area contributed by atoms with E-state index < -0.39 is 5.97 Å². The molecule has 0 bridgehead atoms. The first-order valence-electron chi connectivity index (χ1n) is 7.64. The SMILES string of the molecule is COC1CCN(C2CCCCCC2C(=O)O)C(C)C1. The van der Waals surface area contributed by atoms with E-state index in [0.717, 1.165) is 38.6 Å². The van der Waals surface area contributed by atoms with Crippen molar-refractivity contribution in [2.24, 2.45) is 5.92 Å². The molecule has 1 heterocycles. The summed E-state index contributed by atoms with van der Waals surface area (Å²) in [6.45, 7) is 3.20. The largest absolute Gasteiger partial charge is 0.481 e. The van der Waals surface area contributed by atoms with E-state index >= 15 is 0 Å². The molecule has 1 saturated heterocycles. The van der Waals surface area contributed by atoms with Crippen molar-refractivity contribution in [3.8, 4) is 0 Å². The van der Waals surface area contributed by atoms with Crippen LogP contribution in [0.3, 0.4) is 0 Å². The first-order valence-corrected chi connectivity index (χ1v) is 7.64. The minimum atomic E-state index is -0.604. The number of piperidine rings is 1. The summed E-state index contributed by atoms with van der Waals surface area (Å²) in [5, 5.41) is 9.50. The normalized spacial score (nSPS) is 37.8. The van der Waals surface area contributed by atoms with Crippen molar-refractivity contribution in [1.82, 2.24) is 4.90 Å². The molecule has 2 rings (SSSR count). The van der Waals surface area contributed by atoms with Crippen molar-refractivity contribution >= 4 is 5.97 Å². The molecule has 0 aromatic carbocycles. The number of carboxylic acid groups (broad SMARTS) is 1. The van der Waals surface area contributed by atoms with Gasteiger partial charge in [-0.1, -0.05) is 19.3 Å². The standard InChI is InChI=1S/C15H27NO3/c1-11-10-12(19-2)8-9-16(11)14-7-5-3-4-6-13(14)15(17)18/h11-14H,3-10H2,1-2H3,(H,17,18). The molecule has 4 unspecified atom stereocenters. The Bertz CT molecular complexity index is 308. The van der Waals surface area contributed by atoms with E-state index in [1.807, 2.05) is 0 Å². The Hall–Kier alpha value is -0.610. The molecule has 1 saturated carbocycles. The van der Waals surface area contributed by atoms with Crippen LogP contribution in [0.5, 0.6) is 0 Å².